The Kier molecular flexibility index (Phi) is 5.00. The number of esters is 1. The molecule has 0 radical (unpaired) electrons. The van der Waals surface area contributed by atoms with E-state index < -0.39 is 5.97 Å². The van der Waals surface area contributed by atoms with Crippen molar-refractivity contribution in [3.8, 4) is 17.0 Å². The van der Waals surface area contributed by atoms with Crippen LogP contribution in [0.4, 0.5) is 0 Å². The van der Waals surface area contributed by atoms with Crippen LogP contribution in [-0.4, -0.2) is 35.0 Å². The average Bonchev–Trinajstić information content (AvgIpc) is 3.07. The van der Waals surface area contributed by atoms with Crippen LogP contribution in [0, 0.1) is 0 Å². The van der Waals surface area contributed by atoms with E-state index in [2.05, 4.69) is 10.1 Å². The zero-order chi connectivity index (χ0) is 17.8. The van der Waals surface area contributed by atoms with Crippen molar-refractivity contribution in [2.45, 2.75) is 6.54 Å². The van der Waals surface area contributed by atoms with Crippen molar-refractivity contribution in [3.63, 3.8) is 0 Å². The Balaban J connectivity index is 2.07. The Bertz CT molecular complexity index is 908. The fourth-order valence-corrected chi connectivity index (χ4v) is 2.61. The molecule has 2 aromatic heterocycles. The minimum Gasteiger partial charge on any atom is -0.497 e. The normalized spacial score (nSPS) is 10.5. The van der Waals surface area contributed by atoms with Gasteiger partial charge in [0.15, 0.2) is 5.69 Å². The predicted octanol–water partition coefficient (Wildman–Crippen LogP) is 3.44. The van der Waals surface area contributed by atoms with Crippen LogP contribution in [-0.2, 0) is 11.3 Å². The van der Waals surface area contributed by atoms with Crippen molar-refractivity contribution in [2.75, 3.05) is 14.2 Å². The van der Waals surface area contributed by atoms with E-state index in [4.69, 9.17) is 21.1 Å². The van der Waals surface area contributed by atoms with Crippen LogP contribution in [0.5, 0.6) is 5.75 Å². The van der Waals surface area contributed by atoms with Gasteiger partial charge in [0, 0.05) is 11.8 Å². The van der Waals surface area contributed by atoms with E-state index in [0.717, 1.165) is 11.3 Å². The van der Waals surface area contributed by atoms with E-state index in [9.17, 15) is 4.79 Å². The zero-order valence-electron chi connectivity index (χ0n) is 13.8. The molecule has 0 amide bonds. The van der Waals surface area contributed by atoms with Gasteiger partial charge in [-0.2, -0.15) is 5.10 Å². The minimum absolute atomic E-state index is 0.215. The van der Waals surface area contributed by atoms with Gasteiger partial charge in [0.25, 0.3) is 0 Å². The lowest BCUT2D eigenvalue weighted by atomic mass is 10.1. The molecule has 25 heavy (non-hydrogen) atoms. The van der Waals surface area contributed by atoms with Crippen molar-refractivity contribution < 1.29 is 14.3 Å². The number of benzene rings is 1. The highest BCUT2D eigenvalue weighted by Gasteiger charge is 2.17. The molecule has 128 valence electrons. The Labute approximate surface area is 150 Å². The third-order valence-electron chi connectivity index (χ3n) is 3.67. The number of aromatic nitrogens is 3. The van der Waals surface area contributed by atoms with Gasteiger partial charge in [-0.3, -0.25) is 9.67 Å². The van der Waals surface area contributed by atoms with E-state index in [1.165, 1.54) is 7.11 Å². The van der Waals surface area contributed by atoms with Crippen molar-refractivity contribution in [2.24, 2.45) is 0 Å². The highest BCUT2D eigenvalue weighted by Crippen LogP contribution is 2.26. The van der Waals surface area contributed by atoms with Crippen molar-refractivity contribution >= 4 is 17.6 Å². The van der Waals surface area contributed by atoms with Crippen LogP contribution in [0.3, 0.4) is 0 Å². The number of nitrogens with zero attached hydrogens (tertiary/aromatic N) is 3. The molecule has 0 aliphatic heterocycles. The Morgan fingerprint density at radius 2 is 2.04 bits per heavy atom. The van der Waals surface area contributed by atoms with Gasteiger partial charge in [-0.05, 0) is 30.3 Å². The molecule has 0 aliphatic carbocycles. The second kappa shape index (κ2) is 7.36. The summed E-state index contributed by atoms with van der Waals surface area (Å²) in [5.74, 6) is 0.204. The molecule has 0 aliphatic rings. The van der Waals surface area contributed by atoms with E-state index in [0.29, 0.717) is 23.0 Å². The lowest BCUT2D eigenvalue weighted by Crippen LogP contribution is -2.08. The summed E-state index contributed by atoms with van der Waals surface area (Å²) < 4.78 is 11.7. The molecule has 0 saturated heterocycles. The molecule has 3 rings (SSSR count). The van der Waals surface area contributed by atoms with E-state index in [-0.39, 0.29) is 5.69 Å². The third kappa shape index (κ3) is 3.64. The molecule has 0 N–H and O–H groups in total. The van der Waals surface area contributed by atoms with Crippen molar-refractivity contribution in [3.05, 3.63) is 65.1 Å². The van der Waals surface area contributed by atoms with Gasteiger partial charge in [0.05, 0.1) is 37.2 Å². The van der Waals surface area contributed by atoms with Gasteiger partial charge in [-0.25, -0.2) is 4.79 Å². The molecule has 0 unspecified atom stereocenters. The molecule has 6 nitrogen and oxygen atoms in total. The maximum Gasteiger partial charge on any atom is 0.358 e. The third-order valence-corrected chi connectivity index (χ3v) is 4.02. The van der Waals surface area contributed by atoms with Crippen LogP contribution in [0.1, 0.15) is 16.2 Å². The first-order valence-electron chi connectivity index (χ1n) is 7.52. The van der Waals surface area contributed by atoms with E-state index in [1.54, 1.807) is 36.2 Å². The number of pyridine rings is 1. The quantitative estimate of drug-likeness (QED) is 0.654. The van der Waals surface area contributed by atoms with Gasteiger partial charge < -0.3 is 9.47 Å². The first kappa shape index (κ1) is 17.0. The molecule has 0 bridgehead atoms. The Morgan fingerprint density at radius 1 is 1.20 bits per heavy atom. The maximum atomic E-state index is 11.9. The Morgan fingerprint density at radius 3 is 2.76 bits per heavy atom. The summed E-state index contributed by atoms with van der Waals surface area (Å²) in [4.78, 5) is 16.2. The summed E-state index contributed by atoms with van der Waals surface area (Å²) in [6, 6.07) is 12.7. The highest BCUT2D eigenvalue weighted by molar-refractivity contribution is 6.31. The number of methoxy groups -OCH3 is 2. The largest absolute Gasteiger partial charge is 0.497 e. The Hall–Kier alpha value is -2.86. The minimum atomic E-state index is -0.505. The standard InChI is InChI=1S/C18H16ClN3O3/c1-24-13-6-3-5-12(9-13)17-10-15(18(23)25-2)21-22(17)11-16-14(19)7-4-8-20-16/h3-10H,11H2,1-2H3. The summed E-state index contributed by atoms with van der Waals surface area (Å²) in [7, 11) is 2.92. The molecule has 7 heteroatoms. The first-order chi connectivity index (χ1) is 12.1. The summed E-state index contributed by atoms with van der Waals surface area (Å²) in [5.41, 5.74) is 2.47. The van der Waals surface area contributed by atoms with Gasteiger partial charge in [0.1, 0.15) is 5.75 Å². The number of carbonyl (C=O) groups is 1. The number of hydrogen-bond acceptors (Lipinski definition) is 5. The summed E-state index contributed by atoms with van der Waals surface area (Å²) in [6.07, 6.45) is 1.66. The lowest BCUT2D eigenvalue weighted by Gasteiger charge is -2.09. The summed E-state index contributed by atoms with van der Waals surface area (Å²) >= 11 is 6.20. The first-order valence-corrected chi connectivity index (χ1v) is 7.90. The van der Waals surface area contributed by atoms with Crippen LogP contribution in [0.2, 0.25) is 5.02 Å². The van der Waals surface area contributed by atoms with Gasteiger partial charge in [-0.15, -0.1) is 0 Å². The molecular formula is C18H16ClN3O3. The van der Waals surface area contributed by atoms with Gasteiger partial charge in [-0.1, -0.05) is 23.7 Å². The lowest BCUT2D eigenvalue weighted by molar-refractivity contribution is 0.0593. The molecule has 0 spiro atoms. The van der Waals surface area contributed by atoms with Gasteiger partial charge >= 0.3 is 5.97 Å². The monoisotopic (exact) mass is 357 g/mol. The number of halogens is 1. The van der Waals surface area contributed by atoms with Crippen molar-refractivity contribution in [1.29, 1.82) is 0 Å². The average molecular weight is 358 g/mol. The number of hydrogen-bond donors (Lipinski definition) is 0. The summed E-state index contributed by atoms with van der Waals surface area (Å²) in [5, 5.41) is 4.89. The molecule has 3 aromatic rings. The van der Waals surface area contributed by atoms with Crippen molar-refractivity contribution in [1.82, 2.24) is 14.8 Å². The number of rotatable bonds is 5. The fraction of sp³-hybridized carbons (Fsp3) is 0.167. The van der Waals surface area contributed by atoms with Gasteiger partial charge in [0.2, 0.25) is 0 Å². The molecule has 0 atom stereocenters. The molecule has 2 heterocycles. The van der Waals surface area contributed by atoms with Crippen LogP contribution >= 0.6 is 11.6 Å². The predicted molar refractivity (Wildman–Crippen MR) is 93.9 cm³/mol. The molecule has 0 saturated carbocycles. The molecule has 1 aromatic carbocycles. The molecule has 0 fully saturated rings. The molecular weight excluding hydrogens is 342 g/mol. The van der Waals surface area contributed by atoms with Crippen LogP contribution in [0.25, 0.3) is 11.3 Å². The maximum absolute atomic E-state index is 11.9. The highest BCUT2D eigenvalue weighted by atomic mass is 35.5. The smallest absolute Gasteiger partial charge is 0.358 e. The zero-order valence-corrected chi connectivity index (χ0v) is 14.5. The second-order valence-electron chi connectivity index (χ2n) is 5.23. The second-order valence-corrected chi connectivity index (χ2v) is 5.64. The SMILES string of the molecule is COC(=O)c1cc(-c2cccc(OC)c2)n(Cc2ncccc2Cl)n1. The number of ether oxygens (including phenoxy) is 2. The fourth-order valence-electron chi connectivity index (χ4n) is 2.43. The topological polar surface area (TPSA) is 66.2 Å². The number of carbonyl (C=O) groups excluding carboxylic acids is 1. The van der Waals surface area contributed by atoms with E-state index >= 15 is 0 Å². The van der Waals surface area contributed by atoms with Crippen LogP contribution in [0.15, 0.2) is 48.7 Å². The summed E-state index contributed by atoms with van der Waals surface area (Å²) in [6.45, 7) is 0.323. The van der Waals surface area contributed by atoms with Crippen LogP contribution < -0.4 is 4.74 Å². The van der Waals surface area contributed by atoms with E-state index in [1.807, 2.05) is 24.3 Å².